The van der Waals surface area contributed by atoms with Gasteiger partial charge in [-0.05, 0) is 23.8 Å². The molecule has 0 fully saturated rings. The number of anilines is 1. The van der Waals surface area contributed by atoms with Gasteiger partial charge in [-0.25, -0.2) is 4.79 Å². The van der Waals surface area contributed by atoms with Gasteiger partial charge in [0.25, 0.3) is 0 Å². The van der Waals surface area contributed by atoms with Crippen LogP contribution in [-0.2, 0) is 11.3 Å². The maximum atomic E-state index is 11.8. The van der Waals surface area contributed by atoms with E-state index in [1.54, 1.807) is 18.2 Å². The van der Waals surface area contributed by atoms with Gasteiger partial charge in [0.05, 0.1) is 11.3 Å². The van der Waals surface area contributed by atoms with Gasteiger partial charge in [0.1, 0.15) is 19.0 Å². The topological polar surface area (TPSA) is 61.5 Å². The molecule has 4 nitrogen and oxygen atoms in total. The highest BCUT2D eigenvalue weighted by molar-refractivity contribution is 5.90. The fourth-order valence-corrected chi connectivity index (χ4v) is 1.74. The van der Waals surface area contributed by atoms with Crippen LogP contribution in [0.1, 0.15) is 15.9 Å². The summed E-state index contributed by atoms with van der Waals surface area (Å²) in [5, 5.41) is 0. The Balaban J connectivity index is 2.08. The molecule has 0 radical (unpaired) electrons. The average molecular weight is 283 g/mol. The molecule has 0 aromatic heterocycles. The fraction of sp³-hybridized carbons (Fsp3) is 0.118. The number of benzene rings is 2. The summed E-state index contributed by atoms with van der Waals surface area (Å²) in [5.74, 6) is 0.0337. The van der Waals surface area contributed by atoms with E-state index < -0.39 is 5.97 Å². The molecule has 2 rings (SSSR count). The minimum Gasteiger partial charge on any atom is -0.487 e. The molecule has 0 saturated heterocycles. The second-order valence-electron chi connectivity index (χ2n) is 4.41. The molecule has 2 aromatic carbocycles. The van der Waals surface area contributed by atoms with Crippen LogP contribution in [0.25, 0.3) is 0 Å². The van der Waals surface area contributed by atoms with Crippen LogP contribution in [0.4, 0.5) is 5.69 Å². The molecule has 0 amide bonds. The first kappa shape index (κ1) is 14.7. The summed E-state index contributed by atoms with van der Waals surface area (Å²) in [6.07, 6.45) is 1.52. The molecule has 0 heterocycles. The van der Waals surface area contributed by atoms with Crippen molar-refractivity contribution in [2.45, 2.75) is 6.61 Å². The molecular weight excluding hydrogens is 266 g/mol. The number of rotatable bonds is 6. The van der Waals surface area contributed by atoms with Gasteiger partial charge in [0.15, 0.2) is 0 Å². The standard InChI is InChI=1S/C17H17NO3/c1-2-10-20-17(19)14-8-9-15(18)16(11-14)21-12-13-6-4-3-5-7-13/h2-9,11H,1,10,12,18H2. The number of esters is 1. The highest BCUT2D eigenvalue weighted by atomic mass is 16.5. The molecule has 4 heteroatoms. The van der Waals surface area contributed by atoms with Crippen LogP contribution in [-0.4, -0.2) is 12.6 Å². The summed E-state index contributed by atoms with van der Waals surface area (Å²) >= 11 is 0. The van der Waals surface area contributed by atoms with Gasteiger partial charge in [-0.15, -0.1) is 0 Å². The Bertz CT molecular complexity index is 623. The van der Waals surface area contributed by atoms with E-state index in [2.05, 4.69) is 6.58 Å². The van der Waals surface area contributed by atoms with Crippen molar-refractivity contribution in [3.63, 3.8) is 0 Å². The molecule has 0 unspecified atom stereocenters. The highest BCUT2D eigenvalue weighted by Crippen LogP contribution is 2.24. The molecule has 0 aliphatic rings. The van der Waals surface area contributed by atoms with Gasteiger partial charge in [-0.1, -0.05) is 43.0 Å². The Morgan fingerprint density at radius 2 is 1.95 bits per heavy atom. The summed E-state index contributed by atoms with van der Waals surface area (Å²) < 4.78 is 10.6. The fourth-order valence-electron chi connectivity index (χ4n) is 1.74. The maximum absolute atomic E-state index is 11.8. The molecule has 0 aliphatic carbocycles. The maximum Gasteiger partial charge on any atom is 0.338 e. The van der Waals surface area contributed by atoms with Gasteiger partial charge >= 0.3 is 5.97 Å². The molecule has 21 heavy (non-hydrogen) atoms. The largest absolute Gasteiger partial charge is 0.487 e. The van der Waals surface area contributed by atoms with Crippen molar-refractivity contribution in [1.82, 2.24) is 0 Å². The predicted molar refractivity (Wildman–Crippen MR) is 82.1 cm³/mol. The first-order valence-electron chi connectivity index (χ1n) is 6.55. The Morgan fingerprint density at radius 3 is 2.67 bits per heavy atom. The van der Waals surface area contributed by atoms with Crippen LogP contribution in [0.5, 0.6) is 5.75 Å². The Kier molecular flexibility index (Phi) is 4.99. The third-order valence-corrected chi connectivity index (χ3v) is 2.82. The van der Waals surface area contributed by atoms with E-state index in [4.69, 9.17) is 15.2 Å². The van der Waals surface area contributed by atoms with E-state index >= 15 is 0 Å². The zero-order chi connectivity index (χ0) is 15.1. The lowest BCUT2D eigenvalue weighted by molar-refractivity contribution is 0.0549. The lowest BCUT2D eigenvalue weighted by atomic mass is 10.2. The molecule has 0 bridgehead atoms. The molecule has 0 saturated carbocycles. The lowest BCUT2D eigenvalue weighted by Crippen LogP contribution is -2.06. The van der Waals surface area contributed by atoms with E-state index in [1.165, 1.54) is 6.08 Å². The first-order valence-corrected chi connectivity index (χ1v) is 6.55. The Morgan fingerprint density at radius 1 is 1.19 bits per heavy atom. The summed E-state index contributed by atoms with van der Waals surface area (Å²) in [5.41, 5.74) is 7.76. The number of carbonyl (C=O) groups excluding carboxylic acids is 1. The second kappa shape index (κ2) is 7.14. The molecule has 108 valence electrons. The number of hydrogen-bond acceptors (Lipinski definition) is 4. The predicted octanol–water partition coefficient (Wildman–Crippen LogP) is 3.19. The zero-order valence-corrected chi connectivity index (χ0v) is 11.6. The minimum atomic E-state index is -0.431. The highest BCUT2D eigenvalue weighted by Gasteiger charge is 2.10. The quantitative estimate of drug-likeness (QED) is 0.502. The summed E-state index contributed by atoms with van der Waals surface area (Å²) in [6, 6.07) is 14.5. The number of carbonyl (C=O) groups is 1. The van der Waals surface area contributed by atoms with E-state index in [1.807, 2.05) is 30.3 Å². The SMILES string of the molecule is C=CCOC(=O)c1ccc(N)c(OCc2ccccc2)c1. The van der Waals surface area contributed by atoms with E-state index in [9.17, 15) is 4.79 Å². The van der Waals surface area contributed by atoms with Crippen LogP contribution in [0, 0.1) is 0 Å². The smallest absolute Gasteiger partial charge is 0.338 e. The van der Waals surface area contributed by atoms with Gasteiger partial charge in [0.2, 0.25) is 0 Å². The number of nitrogen functional groups attached to an aromatic ring is 1. The molecular formula is C17H17NO3. The normalized spacial score (nSPS) is 9.90. The van der Waals surface area contributed by atoms with Crippen molar-refractivity contribution < 1.29 is 14.3 Å². The van der Waals surface area contributed by atoms with Gasteiger partial charge in [0, 0.05) is 0 Å². The third-order valence-electron chi connectivity index (χ3n) is 2.82. The van der Waals surface area contributed by atoms with Gasteiger partial charge < -0.3 is 15.2 Å². The summed E-state index contributed by atoms with van der Waals surface area (Å²) in [4.78, 5) is 11.8. The van der Waals surface area contributed by atoms with Gasteiger partial charge in [-0.3, -0.25) is 0 Å². The van der Waals surface area contributed by atoms with Crippen molar-refractivity contribution in [3.05, 3.63) is 72.3 Å². The zero-order valence-electron chi connectivity index (χ0n) is 11.6. The van der Waals surface area contributed by atoms with E-state index in [0.29, 0.717) is 23.6 Å². The number of nitrogens with two attached hydrogens (primary N) is 1. The van der Waals surface area contributed by atoms with Crippen molar-refractivity contribution >= 4 is 11.7 Å². The van der Waals surface area contributed by atoms with Crippen LogP contribution in [0.15, 0.2) is 61.2 Å². The van der Waals surface area contributed by atoms with Crippen LogP contribution in [0.2, 0.25) is 0 Å². The monoisotopic (exact) mass is 283 g/mol. The van der Waals surface area contributed by atoms with Crippen molar-refractivity contribution in [2.75, 3.05) is 12.3 Å². The molecule has 2 aromatic rings. The molecule has 0 spiro atoms. The summed E-state index contributed by atoms with van der Waals surface area (Å²) in [7, 11) is 0. The minimum absolute atomic E-state index is 0.170. The Labute approximate surface area is 123 Å². The number of ether oxygens (including phenoxy) is 2. The van der Waals surface area contributed by atoms with Crippen molar-refractivity contribution in [2.24, 2.45) is 0 Å². The number of hydrogen-bond donors (Lipinski definition) is 1. The Hall–Kier alpha value is -2.75. The van der Waals surface area contributed by atoms with Crippen LogP contribution >= 0.6 is 0 Å². The van der Waals surface area contributed by atoms with Crippen LogP contribution in [0.3, 0.4) is 0 Å². The first-order chi connectivity index (χ1) is 10.2. The molecule has 0 aliphatic heterocycles. The van der Waals surface area contributed by atoms with Crippen LogP contribution < -0.4 is 10.5 Å². The van der Waals surface area contributed by atoms with Crippen molar-refractivity contribution in [3.8, 4) is 5.75 Å². The van der Waals surface area contributed by atoms with Gasteiger partial charge in [-0.2, -0.15) is 0 Å². The lowest BCUT2D eigenvalue weighted by Gasteiger charge is -2.10. The molecule has 0 atom stereocenters. The molecule has 2 N–H and O–H groups in total. The van der Waals surface area contributed by atoms with Crippen molar-refractivity contribution in [1.29, 1.82) is 0 Å². The summed E-state index contributed by atoms with van der Waals surface area (Å²) in [6.45, 7) is 4.05. The third kappa shape index (κ3) is 4.11. The van der Waals surface area contributed by atoms with E-state index in [0.717, 1.165) is 5.56 Å². The average Bonchev–Trinajstić information content (AvgIpc) is 2.52. The van der Waals surface area contributed by atoms with E-state index in [-0.39, 0.29) is 6.61 Å². The second-order valence-corrected chi connectivity index (χ2v) is 4.41.